The van der Waals surface area contributed by atoms with Crippen molar-refractivity contribution in [3.05, 3.63) is 84.1 Å². The monoisotopic (exact) mass is 380 g/mol. The molecule has 3 aromatic rings. The molecule has 0 atom stereocenters. The molecular weight excluding hydrogens is 360 g/mol. The fraction of sp³-hybridized carbons (Fsp3) is 0.100. The third-order valence-corrected chi connectivity index (χ3v) is 4.93. The predicted molar refractivity (Wildman–Crippen MR) is 108 cm³/mol. The van der Waals surface area contributed by atoms with E-state index in [1.54, 1.807) is 12.1 Å². The van der Waals surface area contributed by atoms with Crippen molar-refractivity contribution in [1.82, 2.24) is 4.98 Å². The van der Waals surface area contributed by atoms with Crippen LogP contribution < -0.4 is 11.1 Å². The highest BCUT2D eigenvalue weighted by atomic mass is 32.2. The molecule has 0 aliphatic rings. The molecule has 0 aliphatic heterocycles. The number of benzene rings is 2. The quantitative estimate of drug-likeness (QED) is 0.523. The molecule has 1 heterocycles. The van der Waals surface area contributed by atoms with Crippen molar-refractivity contribution in [3.63, 3.8) is 0 Å². The molecule has 0 radical (unpaired) electrons. The van der Waals surface area contributed by atoms with E-state index in [1.165, 1.54) is 17.7 Å². The number of rotatable bonds is 5. The Kier molecular flexibility index (Phi) is 5.52. The lowest BCUT2D eigenvalue weighted by Gasteiger charge is -2.07. The maximum absolute atomic E-state index is 11.5. The Morgan fingerprint density at radius 2 is 1.70 bits per heavy atom. The molecule has 3 N–H and O–H groups in total. The van der Waals surface area contributed by atoms with Gasteiger partial charge in [-0.3, -0.25) is 0 Å². The number of sulfone groups is 1. The fourth-order valence-corrected chi connectivity index (χ4v) is 3.15. The molecule has 3 rings (SSSR count). The van der Waals surface area contributed by atoms with Gasteiger partial charge in [0.1, 0.15) is 5.82 Å². The lowest BCUT2D eigenvalue weighted by atomic mass is 10.1. The van der Waals surface area contributed by atoms with Crippen LogP contribution in [0.25, 0.3) is 0 Å². The summed E-state index contributed by atoms with van der Waals surface area (Å²) in [6.45, 7) is 0. The summed E-state index contributed by atoms with van der Waals surface area (Å²) >= 11 is 0. The number of nitrogens with one attached hydrogen (secondary N) is 1. The molecule has 0 fully saturated rings. The minimum atomic E-state index is -3.23. The Hall–Kier alpha value is -3.19. The van der Waals surface area contributed by atoms with Crippen LogP contribution in [0.2, 0.25) is 0 Å². The maximum Gasteiger partial charge on any atom is 0.199 e. The Bertz CT molecular complexity index is 1050. The molecule has 1 aromatic heterocycles. The van der Waals surface area contributed by atoms with Crippen LogP contribution in [-0.4, -0.2) is 25.6 Å². The van der Waals surface area contributed by atoms with Gasteiger partial charge in [-0.2, -0.15) is 0 Å². The van der Waals surface area contributed by atoms with Crippen LogP contribution in [0, 0.1) is 0 Å². The number of aliphatic imine (C=N–C) groups is 1. The van der Waals surface area contributed by atoms with E-state index in [2.05, 4.69) is 27.4 Å². The van der Waals surface area contributed by atoms with Gasteiger partial charge in [-0.25, -0.2) is 18.4 Å². The van der Waals surface area contributed by atoms with Crippen LogP contribution in [0.5, 0.6) is 0 Å². The topological polar surface area (TPSA) is 97.4 Å². The first-order chi connectivity index (χ1) is 12.9. The van der Waals surface area contributed by atoms with Crippen LogP contribution in [0.3, 0.4) is 0 Å². The van der Waals surface area contributed by atoms with Crippen molar-refractivity contribution < 1.29 is 8.42 Å². The highest BCUT2D eigenvalue weighted by molar-refractivity contribution is 7.90. The second-order valence-electron chi connectivity index (χ2n) is 6.06. The zero-order chi connectivity index (χ0) is 19.3. The predicted octanol–water partition coefficient (Wildman–Crippen LogP) is 3.13. The third kappa shape index (κ3) is 5.39. The zero-order valence-corrected chi connectivity index (χ0v) is 15.6. The van der Waals surface area contributed by atoms with Crippen LogP contribution >= 0.6 is 0 Å². The summed E-state index contributed by atoms with van der Waals surface area (Å²) in [5, 5.41) is 2.96. The Balaban J connectivity index is 1.71. The van der Waals surface area contributed by atoms with Crippen molar-refractivity contribution in [3.8, 4) is 0 Å². The van der Waals surface area contributed by atoms with Gasteiger partial charge < -0.3 is 11.1 Å². The number of guanidine groups is 1. The molecule has 6 nitrogen and oxygen atoms in total. The Labute approximate surface area is 158 Å². The van der Waals surface area contributed by atoms with Crippen molar-refractivity contribution in [2.45, 2.75) is 11.3 Å². The molecule has 138 valence electrons. The average molecular weight is 380 g/mol. The molecule has 0 bridgehead atoms. The summed E-state index contributed by atoms with van der Waals surface area (Å²) in [7, 11) is -3.23. The van der Waals surface area contributed by atoms with Gasteiger partial charge in [0.05, 0.1) is 10.6 Å². The van der Waals surface area contributed by atoms with Gasteiger partial charge in [0.2, 0.25) is 0 Å². The van der Waals surface area contributed by atoms with Crippen molar-refractivity contribution in [2.24, 2.45) is 10.7 Å². The minimum Gasteiger partial charge on any atom is -0.369 e. The van der Waals surface area contributed by atoms with Gasteiger partial charge >= 0.3 is 0 Å². The van der Waals surface area contributed by atoms with Crippen molar-refractivity contribution >= 4 is 27.3 Å². The third-order valence-electron chi connectivity index (χ3n) is 3.81. The first kappa shape index (κ1) is 18.6. The molecule has 0 saturated heterocycles. The van der Waals surface area contributed by atoms with Crippen LogP contribution in [-0.2, 0) is 16.3 Å². The van der Waals surface area contributed by atoms with Crippen LogP contribution in [0.1, 0.15) is 11.3 Å². The van der Waals surface area contributed by atoms with Gasteiger partial charge in [0, 0.05) is 18.4 Å². The van der Waals surface area contributed by atoms with E-state index < -0.39 is 9.84 Å². The van der Waals surface area contributed by atoms with E-state index in [0.29, 0.717) is 11.5 Å². The first-order valence-corrected chi connectivity index (χ1v) is 10.2. The van der Waals surface area contributed by atoms with E-state index in [9.17, 15) is 8.42 Å². The summed E-state index contributed by atoms with van der Waals surface area (Å²) in [5.41, 5.74) is 8.58. The Morgan fingerprint density at radius 1 is 1.00 bits per heavy atom. The Morgan fingerprint density at radius 3 is 2.37 bits per heavy atom. The van der Waals surface area contributed by atoms with E-state index in [0.717, 1.165) is 18.4 Å². The molecule has 0 saturated carbocycles. The summed E-state index contributed by atoms with van der Waals surface area (Å²) in [4.78, 5) is 9.02. The molecule has 0 spiro atoms. The van der Waals surface area contributed by atoms with Crippen molar-refractivity contribution in [1.29, 1.82) is 0 Å². The normalized spacial score (nSPS) is 12.0. The molecule has 27 heavy (non-hydrogen) atoms. The number of nitrogens with zero attached hydrogens (tertiary/aromatic N) is 2. The van der Waals surface area contributed by atoms with E-state index in [-0.39, 0.29) is 10.9 Å². The second-order valence-corrected chi connectivity index (χ2v) is 8.08. The van der Waals surface area contributed by atoms with Gasteiger partial charge in [0.15, 0.2) is 15.8 Å². The average Bonchev–Trinajstić information content (AvgIpc) is 2.62. The van der Waals surface area contributed by atoms with Crippen LogP contribution in [0.15, 0.2) is 82.7 Å². The number of anilines is 1. The van der Waals surface area contributed by atoms with E-state index in [4.69, 9.17) is 5.73 Å². The molecule has 0 unspecified atom stereocenters. The van der Waals surface area contributed by atoms with Crippen molar-refractivity contribution in [2.75, 3.05) is 11.6 Å². The first-order valence-electron chi connectivity index (χ1n) is 8.31. The van der Waals surface area contributed by atoms with Gasteiger partial charge in [-0.15, -0.1) is 0 Å². The summed E-state index contributed by atoms with van der Waals surface area (Å²) in [6.07, 6.45) is 1.88. The van der Waals surface area contributed by atoms with Gasteiger partial charge in [-0.05, 0) is 42.0 Å². The summed E-state index contributed by atoms with van der Waals surface area (Å²) in [5.74, 6) is 0.768. The lowest BCUT2D eigenvalue weighted by Crippen LogP contribution is -2.22. The summed E-state index contributed by atoms with van der Waals surface area (Å²) < 4.78 is 23.0. The lowest BCUT2D eigenvalue weighted by molar-refractivity contribution is 0.602. The number of pyridine rings is 1. The largest absolute Gasteiger partial charge is 0.369 e. The standard InChI is InChI=1S/C20H20N4O2S/c1-27(25,26)18-12-10-16(11-13-18)23-20(21)24-19-9-5-8-17(22-19)14-15-6-3-2-4-7-15/h2-13H,14H2,1H3,(H3,21,22,23,24). The van der Waals surface area contributed by atoms with Gasteiger partial charge in [-0.1, -0.05) is 36.4 Å². The molecular formula is C20H20N4O2S. The fourth-order valence-electron chi connectivity index (χ4n) is 2.52. The van der Waals surface area contributed by atoms with E-state index in [1.807, 2.05) is 36.4 Å². The molecule has 7 heteroatoms. The highest BCUT2D eigenvalue weighted by Gasteiger charge is 2.06. The van der Waals surface area contributed by atoms with Gasteiger partial charge in [0.25, 0.3) is 0 Å². The number of hydrogen-bond acceptors (Lipinski definition) is 4. The molecule has 2 aromatic carbocycles. The minimum absolute atomic E-state index is 0.173. The zero-order valence-electron chi connectivity index (χ0n) is 14.8. The smallest absolute Gasteiger partial charge is 0.199 e. The maximum atomic E-state index is 11.5. The summed E-state index contributed by atoms with van der Waals surface area (Å²) in [6, 6.07) is 22.0. The number of hydrogen-bond donors (Lipinski definition) is 2. The highest BCUT2D eigenvalue weighted by Crippen LogP contribution is 2.17. The van der Waals surface area contributed by atoms with Crippen LogP contribution in [0.4, 0.5) is 11.5 Å². The molecule has 0 amide bonds. The second kappa shape index (κ2) is 8.01. The van der Waals surface area contributed by atoms with E-state index >= 15 is 0 Å². The number of aromatic nitrogens is 1. The number of nitrogens with two attached hydrogens (primary N) is 1. The molecule has 0 aliphatic carbocycles. The SMILES string of the molecule is CS(=O)(=O)c1ccc(N=C(N)Nc2cccc(Cc3ccccc3)n2)cc1.